The lowest BCUT2D eigenvalue weighted by Crippen LogP contribution is -2.30. The van der Waals surface area contributed by atoms with Crippen LogP contribution in [0.15, 0.2) is 57.4 Å². The van der Waals surface area contributed by atoms with Gasteiger partial charge in [0.15, 0.2) is 0 Å². The van der Waals surface area contributed by atoms with Crippen molar-refractivity contribution in [1.82, 2.24) is 5.32 Å². The van der Waals surface area contributed by atoms with E-state index in [-0.39, 0.29) is 38.5 Å². The van der Waals surface area contributed by atoms with E-state index in [1.807, 2.05) is 0 Å². The zero-order valence-electron chi connectivity index (χ0n) is 20.3. The summed E-state index contributed by atoms with van der Waals surface area (Å²) in [5.74, 6) is -2.15. The number of hydrogen-bond donors (Lipinski definition) is 1. The predicted octanol–water partition coefficient (Wildman–Crippen LogP) is 6.48. The van der Waals surface area contributed by atoms with Crippen molar-refractivity contribution in [3.05, 3.63) is 87.1 Å². The topological polar surface area (TPSA) is 79.6 Å². The molecule has 1 aliphatic rings. The molecule has 3 aromatic carbocycles. The Bertz CT molecular complexity index is 1680. The maximum Gasteiger partial charge on any atom is 0.255 e. The first-order valence-corrected chi connectivity index (χ1v) is 14.3. The van der Waals surface area contributed by atoms with Crippen LogP contribution in [-0.2, 0) is 16.6 Å². The maximum atomic E-state index is 14.7. The minimum atomic E-state index is -3.96. The standard InChI is InChI=1S/C27H22BrF3N2O4S/c1-32-27(34)25-19-10-18(14-3-4-14)23(12-24(19)37-26(25)15-5-7-17(29)8-6-15)33(38(2,35)36)13-16-9-22(31)20(28)11-21(16)30/h5-12,14H,3-4,13H2,1-2H3,(H,32,34). The van der Waals surface area contributed by atoms with Gasteiger partial charge in [-0.05, 0) is 82.7 Å². The molecule has 1 saturated carbocycles. The van der Waals surface area contributed by atoms with Crippen LogP contribution < -0.4 is 9.62 Å². The Hall–Kier alpha value is -3.31. The third-order valence-electron chi connectivity index (χ3n) is 6.49. The molecule has 0 saturated heterocycles. The quantitative estimate of drug-likeness (QED) is 0.244. The highest BCUT2D eigenvalue weighted by Gasteiger charge is 2.33. The molecule has 1 fully saturated rings. The summed E-state index contributed by atoms with van der Waals surface area (Å²) in [6.45, 7) is -0.450. The van der Waals surface area contributed by atoms with Gasteiger partial charge in [-0.2, -0.15) is 0 Å². The van der Waals surface area contributed by atoms with Crippen LogP contribution in [0.2, 0.25) is 0 Å². The van der Waals surface area contributed by atoms with Crippen molar-refractivity contribution in [2.45, 2.75) is 25.3 Å². The molecule has 11 heteroatoms. The minimum absolute atomic E-state index is 0.0202. The number of hydrogen-bond acceptors (Lipinski definition) is 4. The molecule has 0 radical (unpaired) electrons. The van der Waals surface area contributed by atoms with E-state index in [2.05, 4.69) is 21.2 Å². The first-order chi connectivity index (χ1) is 18.0. The van der Waals surface area contributed by atoms with Gasteiger partial charge in [0.1, 0.15) is 28.8 Å². The van der Waals surface area contributed by atoms with Gasteiger partial charge >= 0.3 is 0 Å². The van der Waals surface area contributed by atoms with Gasteiger partial charge in [-0.25, -0.2) is 21.6 Å². The van der Waals surface area contributed by atoms with Crippen molar-refractivity contribution in [3.8, 4) is 11.3 Å². The minimum Gasteiger partial charge on any atom is -0.455 e. The van der Waals surface area contributed by atoms with E-state index in [1.54, 1.807) is 6.07 Å². The third-order valence-corrected chi connectivity index (χ3v) is 8.22. The van der Waals surface area contributed by atoms with Crippen LogP contribution in [0.1, 0.15) is 40.2 Å². The number of anilines is 1. The smallest absolute Gasteiger partial charge is 0.255 e. The Balaban J connectivity index is 1.73. The lowest BCUT2D eigenvalue weighted by molar-refractivity contribution is 0.0964. The van der Waals surface area contributed by atoms with Crippen LogP contribution in [0.5, 0.6) is 0 Å². The molecule has 38 heavy (non-hydrogen) atoms. The van der Waals surface area contributed by atoms with Crippen LogP contribution in [0.4, 0.5) is 18.9 Å². The summed E-state index contributed by atoms with van der Waals surface area (Å²) in [6, 6.07) is 10.6. The summed E-state index contributed by atoms with van der Waals surface area (Å²) in [5, 5.41) is 3.06. The molecular weight excluding hydrogens is 585 g/mol. The SMILES string of the molecule is CNC(=O)c1c(-c2ccc(F)cc2)oc2cc(N(Cc3cc(F)c(Br)cc3F)S(C)(=O)=O)c(C3CC3)cc12. The summed E-state index contributed by atoms with van der Waals surface area (Å²) in [7, 11) is -2.49. The summed E-state index contributed by atoms with van der Waals surface area (Å²) in [6.07, 6.45) is 2.59. The number of carbonyl (C=O) groups is 1. The fourth-order valence-electron chi connectivity index (χ4n) is 4.46. The largest absolute Gasteiger partial charge is 0.455 e. The highest BCUT2D eigenvalue weighted by molar-refractivity contribution is 9.10. The second-order valence-electron chi connectivity index (χ2n) is 9.20. The number of nitrogens with zero attached hydrogens (tertiary/aromatic N) is 1. The summed E-state index contributed by atoms with van der Waals surface area (Å²) >= 11 is 2.93. The van der Waals surface area contributed by atoms with Crippen LogP contribution in [0, 0.1) is 17.5 Å². The molecule has 0 atom stereocenters. The van der Waals surface area contributed by atoms with Crippen molar-refractivity contribution in [2.24, 2.45) is 0 Å². The van der Waals surface area contributed by atoms with E-state index < -0.39 is 39.9 Å². The van der Waals surface area contributed by atoms with Gasteiger partial charge in [0.2, 0.25) is 10.0 Å². The van der Waals surface area contributed by atoms with Crippen LogP contribution >= 0.6 is 15.9 Å². The molecule has 198 valence electrons. The number of nitrogens with one attached hydrogen (secondary N) is 1. The van der Waals surface area contributed by atoms with E-state index in [1.165, 1.54) is 37.4 Å². The number of amides is 1. The molecule has 1 N–H and O–H groups in total. The molecule has 1 heterocycles. The maximum absolute atomic E-state index is 14.7. The first kappa shape index (κ1) is 26.3. The van der Waals surface area contributed by atoms with E-state index in [9.17, 15) is 26.4 Å². The Morgan fingerprint density at radius 1 is 1.08 bits per heavy atom. The molecule has 5 rings (SSSR count). The Morgan fingerprint density at radius 2 is 1.76 bits per heavy atom. The summed E-state index contributed by atoms with van der Waals surface area (Å²) in [5.41, 5.74) is 1.68. The zero-order valence-corrected chi connectivity index (χ0v) is 22.7. The number of halogens is 4. The number of furan rings is 1. The molecule has 0 bridgehead atoms. The average molecular weight is 607 g/mol. The van der Waals surface area contributed by atoms with Crippen molar-refractivity contribution < 1.29 is 30.8 Å². The molecule has 4 aromatic rings. The summed E-state index contributed by atoms with van der Waals surface area (Å²) in [4.78, 5) is 12.9. The molecule has 1 aromatic heterocycles. The van der Waals surface area contributed by atoms with Crippen LogP contribution in [-0.4, -0.2) is 27.6 Å². The predicted molar refractivity (Wildman–Crippen MR) is 142 cm³/mol. The second-order valence-corrected chi connectivity index (χ2v) is 12.0. The molecule has 1 aliphatic carbocycles. The van der Waals surface area contributed by atoms with Crippen molar-refractivity contribution in [3.63, 3.8) is 0 Å². The van der Waals surface area contributed by atoms with Gasteiger partial charge in [0.05, 0.1) is 28.5 Å². The molecule has 1 amide bonds. The van der Waals surface area contributed by atoms with Gasteiger partial charge < -0.3 is 9.73 Å². The monoisotopic (exact) mass is 606 g/mol. The fraction of sp³-hybridized carbons (Fsp3) is 0.222. The van der Waals surface area contributed by atoms with E-state index in [4.69, 9.17) is 4.42 Å². The van der Waals surface area contributed by atoms with E-state index in [0.717, 1.165) is 35.5 Å². The molecular formula is C27H22BrF3N2O4S. The highest BCUT2D eigenvalue weighted by atomic mass is 79.9. The Labute approximate surface area is 225 Å². The van der Waals surface area contributed by atoms with E-state index in [0.29, 0.717) is 16.5 Å². The molecule has 0 spiro atoms. The normalized spacial score (nSPS) is 13.6. The lowest BCUT2D eigenvalue weighted by atomic mass is 10.00. The Morgan fingerprint density at radius 3 is 2.37 bits per heavy atom. The fourth-order valence-corrected chi connectivity index (χ4v) is 5.67. The highest BCUT2D eigenvalue weighted by Crippen LogP contribution is 2.48. The number of benzene rings is 3. The molecule has 6 nitrogen and oxygen atoms in total. The van der Waals surface area contributed by atoms with Crippen molar-refractivity contribution in [2.75, 3.05) is 17.6 Å². The number of rotatable bonds is 7. The van der Waals surface area contributed by atoms with Crippen LogP contribution in [0.25, 0.3) is 22.3 Å². The zero-order chi connectivity index (χ0) is 27.4. The van der Waals surface area contributed by atoms with Crippen molar-refractivity contribution in [1.29, 1.82) is 0 Å². The molecule has 0 unspecified atom stereocenters. The Kier molecular flexibility index (Phi) is 6.77. The van der Waals surface area contributed by atoms with Gasteiger partial charge in [-0.3, -0.25) is 9.10 Å². The average Bonchev–Trinajstić information content (AvgIpc) is 3.64. The number of sulfonamides is 1. The van der Waals surface area contributed by atoms with Gasteiger partial charge in [-0.15, -0.1) is 0 Å². The first-order valence-electron chi connectivity index (χ1n) is 11.7. The van der Waals surface area contributed by atoms with E-state index >= 15 is 0 Å². The van der Waals surface area contributed by atoms with Gasteiger partial charge in [-0.1, -0.05) is 0 Å². The third kappa shape index (κ3) is 4.92. The second kappa shape index (κ2) is 9.77. The van der Waals surface area contributed by atoms with Gasteiger partial charge in [0.25, 0.3) is 5.91 Å². The van der Waals surface area contributed by atoms with Gasteiger partial charge in [0, 0.05) is 29.6 Å². The lowest BCUT2D eigenvalue weighted by Gasteiger charge is -2.25. The number of fused-ring (bicyclic) bond motifs is 1. The van der Waals surface area contributed by atoms with Crippen molar-refractivity contribution >= 4 is 48.5 Å². The number of carbonyl (C=O) groups excluding carboxylic acids is 1. The summed E-state index contributed by atoms with van der Waals surface area (Å²) < 4.78 is 75.5. The van der Waals surface area contributed by atoms with Crippen LogP contribution in [0.3, 0.4) is 0 Å². The molecule has 0 aliphatic heterocycles.